The van der Waals surface area contributed by atoms with E-state index in [9.17, 15) is 0 Å². The molecule has 3 nitrogen and oxygen atoms in total. The van der Waals surface area contributed by atoms with Crippen LogP contribution in [0.1, 0.15) is 37.2 Å². The van der Waals surface area contributed by atoms with Gasteiger partial charge in [0.2, 0.25) is 5.88 Å². The maximum absolute atomic E-state index is 5.86. The summed E-state index contributed by atoms with van der Waals surface area (Å²) >= 11 is 0. The smallest absolute Gasteiger partial charge is 0.213 e. The van der Waals surface area contributed by atoms with Crippen LogP contribution in [0.25, 0.3) is 0 Å². The Bertz CT molecular complexity index is 339. The van der Waals surface area contributed by atoms with Crippen LogP contribution >= 0.6 is 0 Å². The molecule has 3 rings (SSSR count). The van der Waals surface area contributed by atoms with Crippen LogP contribution < -0.4 is 10.1 Å². The van der Waals surface area contributed by atoms with E-state index in [4.69, 9.17) is 4.74 Å². The predicted octanol–water partition coefficient (Wildman–Crippen LogP) is 2.09. The summed E-state index contributed by atoms with van der Waals surface area (Å²) in [6, 6.07) is 4.19. The normalized spacial score (nSPS) is 22.0. The predicted molar refractivity (Wildman–Crippen MR) is 62.7 cm³/mol. The molecule has 0 spiro atoms. The first-order valence-corrected chi connectivity index (χ1v) is 6.25. The fourth-order valence-electron chi connectivity index (χ4n) is 2.20. The fourth-order valence-corrected chi connectivity index (χ4v) is 2.20. The number of rotatable bonds is 3. The zero-order valence-electron chi connectivity index (χ0n) is 9.48. The number of nitrogens with zero attached hydrogens (tertiary/aromatic N) is 1. The Labute approximate surface area is 96.2 Å². The van der Waals surface area contributed by atoms with Gasteiger partial charge in [-0.15, -0.1) is 0 Å². The van der Waals surface area contributed by atoms with E-state index >= 15 is 0 Å². The molecule has 0 amide bonds. The SMILES string of the molecule is c1cc(OC2CCNCC2)ncc1C1CC1. The second-order valence-corrected chi connectivity index (χ2v) is 4.77. The van der Waals surface area contributed by atoms with Crippen LogP contribution in [0, 0.1) is 0 Å². The van der Waals surface area contributed by atoms with Gasteiger partial charge >= 0.3 is 0 Å². The van der Waals surface area contributed by atoms with Gasteiger partial charge in [0.25, 0.3) is 0 Å². The molecule has 1 aromatic rings. The summed E-state index contributed by atoms with van der Waals surface area (Å²) in [5, 5.41) is 3.33. The lowest BCUT2D eigenvalue weighted by atomic mass is 10.1. The molecule has 1 aliphatic carbocycles. The second-order valence-electron chi connectivity index (χ2n) is 4.77. The number of nitrogens with one attached hydrogen (secondary N) is 1. The monoisotopic (exact) mass is 218 g/mol. The molecule has 2 fully saturated rings. The molecule has 1 saturated heterocycles. The molecule has 3 heteroatoms. The molecule has 1 N–H and O–H groups in total. The maximum Gasteiger partial charge on any atom is 0.213 e. The van der Waals surface area contributed by atoms with Crippen LogP contribution in [-0.2, 0) is 0 Å². The molecule has 1 aliphatic heterocycles. The van der Waals surface area contributed by atoms with E-state index in [2.05, 4.69) is 16.4 Å². The molecule has 16 heavy (non-hydrogen) atoms. The Balaban J connectivity index is 1.60. The highest BCUT2D eigenvalue weighted by Crippen LogP contribution is 2.39. The van der Waals surface area contributed by atoms with Crippen LogP contribution in [0.2, 0.25) is 0 Å². The van der Waals surface area contributed by atoms with Gasteiger partial charge in [0.1, 0.15) is 6.10 Å². The van der Waals surface area contributed by atoms with Crippen LogP contribution in [0.15, 0.2) is 18.3 Å². The minimum Gasteiger partial charge on any atom is -0.474 e. The molecule has 0 radical (unpaired) electrons. The van der Waals surface area contributed by atoms with Crippen molar-refractivity contribution >= 4 is 0 Å². The van der Waals surface area contributed by atoms with E-state index in [0.29, 0.717) is 6.10 Å². The van der Waals surface area contributed by atoms with Gasteiger partial charge in [-0.1, -0.05) is 6.07 Å². The molecule has 1 aromatic heterocycles. The highest BCUT2D eigenvalue weighted by atomic mass is 16.5. The largest absolute Gasteiger partial charge is 0.474 e. The van der Waals surface area contributed by atoms with Crippen molar-refractivity contribution in [2.45, 2.75) is 37.7 Å². The summed E-state index contributed by atoms with van der Waals surface area (Å²) < 4.78 is 5.86. The third-order valence-corrected chi connectivity index (χ3v) is 3.38. The molecule has 0 atom stereocenters. The van der Waals surface area contributed by atoms with Gasteiger partial charge in [0.05, 0.1) is 0 Å². The van der Waals surface area contributed by atoms with Gasteiger partial charge in [0, 0.05) is 12.3 Å². The van der Waals surface area contributed by atoms with E-state index in [1.54, 1.807) is 0 Å². The molecule has 2 aliphatic rings. The summed E-state index contributed by atoms with van der Waals surface area (Å²) in [5.41, 5.74) is 1.37. The van der Waals surface area contributed by atoms with Crippen LogP contribution in [0.4, 0.5) is 0 Å². The van der Waals surface area contributed by atoms with Crippen LogP contribution in [0.3, 0.4) is 0 Å². The molecule has 86 valence electrons. The van der Waals surface area contributed by atoms with Crippen molar-refractivity contribution in [1.82, 2.24) is 10.3 Å². The molecule has 1 saturated carbocycles. The van der Waals surface area contributed by atoms with E-state index in [0.717, 1.165) is 37.7 Å². The molecule has 0 aromatic carbocycles. The van der Waals surface area contributed by atoms with Crippen molar-refractivity contribution in [1.29, 1.82) is 0 Å². The third-order valence-electron chi connectivity index (χ3n) is 3.38. The van der Waals surface area contributed by atoms with Gasteiger partial charge in [-0.05, 0) is 50.3 Å². The fraction of sp³-hybridized carbons (Fsp3) is 0.615. The molecule has 2 heterocycles. The average Bonchev–Trinajstić information content (AvgIpc) is 3.15. The van der Waals surface area contributed by atoms with Gasteiger partial charge in [-0.25, -0.2) is 4.98 Å². The van der Waals surface area contributed by atoms with Crippen LogP contribution in [0.5, 0.6) is 5.88 Å². The quantitative estimate of drug-likeness (QED) is 0.843. The number of piperidine rings is 1. The Kier molecular flexibility index (Phi) is 2.79. The van der Waals surface area contributed by atoms with Gasteiger partial charge in [0.15, 0.2) is 0 Å². The molecular formula is C13H18N2O. The molecule has 0 unspecified atom stereocenters. The van der Waals surface area contributed by atoms with E-state index in [1.807, 2.05) is 12.3 Å². The van der Waals surface area contributed by atoms with Gasteiger partial charge < -0.3 is 10.1 Å². The van der Waals surface area contributed by atoms with Gasteiger partial charge in [-0.3, -0.25) is 0 Å². The third kappa shape index (κ3) is 2.35. The summed E-state index contributed by atoms with van der Waals surface area (Å²) in [6.45, 7) is 2.12. The van der Waals surface area contributed by atoms with Crippen molar-refractivity contribution in [3.05, 3.63) is 23.9 Å². The lowest BCUT2D eigenvalue weighted by Crippen LogP contribution is -2.34. The second kappa shape index (κ2) is 4.42. The van der Waals surface area contributed by atoms with E-state index in [1.165, 1.54) is 18.4 Å². The number of ether oxygens (including phenoxy) is 1. The highest BCUT2D eigenvalue weighted by Gasteiger charge is 2.23. The van der Waals surface area contributed by atoms with Crippen LogP contribution in [-0.4, -0.2) is 24.2 Å². The minimum atomic E-state index is 0.348. The Morgan fingerprint density at radius 2 is 1.94 bits per heavy atom. The lowest BCUT2D eigenvalue weighted by Gasteiger charge is -2.23. The number of hydrogen-bond donors (Lipinski definition) is 1. The summed E-state index contributed by atoms with van der Waals surface area (Å²) in [5.74, 6) is 1.57. The Morgan fingerprint density at radius 1 is 1.12 bits per heavy atom. The van der Waals surface area contributed by atoms with Crippen molar-refractivity contribution < 1.29 is 4.74 Å². The summed E-state index contributed by atoms with van der Waals surface area (Å²) in [4.78, 5) is 4.39. The number of pyridine rings is 1. The van der Waals surface area contributed by atoms with Gasteiger partial charge in [-0.2, -0.15) is 0 Å². The lowest BCUT2D eigenvalue weighted by molar-refractivity contribution is 0.156. The van der Waals surface area contributed by atoms with Crippen molar-refractivity contribution in [3.8, 4) is 5.88 Å². The zero-order chi connectivity index (χ0) is 10.8. The molecule has 0 bridgehead atoms. The minimum absolute atomic E-state index is 0.348. The Morgan fingerprint density at radius 3 is 2.56 bits per heavy atom. The first-order valence-electron chi connectivity index (χ1n) is 6.25. The van der Waals surface area contributed by atoms with E-state index < -0.39 is 0 Å². The number of hydrogen-bond acceptors (Lipinski definition) is 3. The summed E-state index contributed by atoms with van der Waals surface area (Å²) in [7, 11) is 0. The first kappa shape index (κ1) is 10.1. The first-order chi connectivity index (χ1) is 7.92. The highest BCUT2D eigenvalue weighted by molar-refractivity contribution is 5.24. The van der Waals surface area contributed by atoms with E-state index in [-0.39, 0.29) is 0 Å². The Hall–Kier alpha value is -1.09. The summed E-state index contributed by atoms with van der Waals surface area (Å²) in [6.07, 6.45) is 7.17. The van der Waals surface area contributed by atoms with Crippen molar-refractivity contribution in [2.75, 3.05) is 13.1 Å². The zero-order valence-corrected chi connectivity index (χ0v) is 9.48. The topological polar surface area (TPSA) is 34.1 Å². The number of aromatic nitrogens is 1. The van der Waals surface area contributed by atoms with Crippen molar-refractivity contribution in [3.63, 3.8) is 0 Å². The average molecular weight is 218 g/mol. The standard InChI is InChI=1S/C13H18N2O/c1-2-10(1)11-3-4-13(15-9-11)16-12-5-7-14-8-6-12/h3-4,9-10,12,14H,1-2,5-8H2. The van der Waals surface area contributed by atoms with Crippen molar-refractivity contribution in [2.24, 2.45) is 0 Å². The maximum atomic E-state index is 5.86. The molecular weight excluding hydrogens is 200 g/mol.